The zero-order valence-corrected chi connectivity index (χ0v) is 13.9. The SMILES string of the molecule is CCCCCCC=CCC=CCCCCCCCC(=O)O. The van der Waals surface area contributed by atoms with Crippen LogP contribution in [0.2, 0.25) is 0 Å². The summed E-state index contributed by atoms with van der Waals surface area (Å²) in [5.74, 6) is -0.670. The molecule has 0 aromatic carbocycles. The molecule has 1 N–H and O–H groups in total. The number of allylic oxidation sites excluding steroid dienone is 4. The van der Waals surface area contributed by atoms with E-state index in [1.807, 2.05) is 0 Å². The van der Waals surface area contributed by atoms with Crippen LogP contribution in [0.3, 0.4) is 0 Å². The second-order valence-corrected chi connectivity index (χ2v) is 5.73. The van der Waals surface area contributed by atoms with Crippen LogP contribution >= 0.6 is 0 Å². The summed E-state index contributed by atoms with van der Waals surface area (Å²) >= 11 is 0. The summed E-state index contributed by atoms with van der Waals surface area (Å²) in [5.41, 5.74) is 0. The molecule has 0 radical (unpaired) electrons. The van der Waals surface area contributed by atoms with Gasteiger partial charge in [0, 0.05) is 6.42 Å². The van der Waals surface area contributed by atoms with Gasteiger partial charge in [-0.2, -0.15) is 0 Å². The molecule has 0 saturated heterocycles. The zero-order valence-electron chi connectivity index (χ0n) is 13.9. The van der Waals surface area contributed by atoms with Gasteiger partial charge in [0.2, 0.25) is 0 Å². The Balaban J connectivity index is 3.18. The zero-order chi connectivity index (χ0) is 15.6. The Bertz CT molecular complexity index is 279. The highest BCUT2D eigenvalue weighted by Crippen LogP contribution is 2.08. The average molecular weight is 294 g/mol. The summed E-state index contributed by atoms with van der Waals surface area (Å²) < 4.78 is 0. The van der Waals surface area contributed by atoms with Crippen LogP contribution in [-0.2, 0) is 4.79 Å². The minimum absolute atomic E-state index is 0.324. The van der Waals surface area contributed by atoms with Crippen molar-refractivity contribution in [1.82, 2.24) is 0 Å². The van der Waals surface area contributed by atoms with E-state index in [9.17, 15) is 4.79 Å². The Hall–Kier alpha value is -1.05. The first-order valence-electron chi connectivity index (χ1n) is 8.79. The van der Waals surface area contributed by atoms with E-state index in [2.05, 4.69) is 31.2 Å². The monoisotopic (exact) mass is 294 g/mol. The van der Waals surface area contributed by atoms with E-state index in [-0.39, 0.29) is 0 Å². The molecule has 0 spiro atoms. The van der Waals surface area contributed by atoms with Crippen LogP contribution in [0.1, 0.15) is 90.4 Å². The smallest absolute Gasteiger partial charge is 0.303 e. The van der Waals surface area contributed by atoms with E-state index in [1.54, 1.807) is 0 Å². The van der Waals surface area contributed by atoms with Crippen molar-refractivity contribution >= 4 is 5.97 Å². The van der Waals surface area contributed by atoms with Crippen LogP contribution in [0.5, 0.6) is 0 Å². The minimum atomic E-state index is -0.670. The lowest BCUT2D eigenvalue weighted by Gasteiger charge is -1.98. The van der Waals surface area contributed by atoms with Crippen molar-refractivity contribution in [3.63, 3.8) is 0 Å². The molecule has 0 aromatic rings. The second kappa shape index (κ2) is 17.0. The molecule has 2 nitrogen and oxygen atoms in total. The fourth-order valence-electron chi connectivity index (χ4n) is 2.26. The fourth-order valence-corrected chi connectivity index (χ4v) is 2.26. The second-order valence-electron chi connectivity index (χ2n) is 5.73. The molecule has 0 heterocycles. The molecule has 0 aromatic heterocycles. The van der Waals surface area contributed by atoms with Gasteiger partial charge in [-0.1, -0.05) is 69.8 Å². The van der Waals surface area contributed by atoms with Gasteiger partial charge in [-0.3, -0.25) is 4.79 Å². The van der Waals surface area contributed by atoms with Crippen molar-refractivity contribution in [2.45, 2.75) is 90.4 Å². The number of hydrogen-bond donors (Lipinski definition) is 1. The van der Waals surface area contributed by atoms with E-state index in [0.717, 1.165) is 25.7 Å². The predicted molar refractivity (Wildman–Crippen MR) is 91.6 cm³/mol. The van der Waals surface area contributed by atoms with Crippen molar-refractivity contribution in [2.24, 2.45) is 0 Å². The molecule has 0 rings (SSSR count). The number of carbonyl (C=O) groups is 1. The third-order valence-corrected chi connectivity index (χ3v) is 3.59. The molecular weight excluding hydrogens is 260 g/mol. The lowest BCUT2D eigenvalue weighted by atomic mass is 10.1. The third-order valence-electron chi connectivity index (χ3n) is 3.59. The Labute approximate surface area is 131 Å². The van der Waals surface area contributed by atoms with E-state index in [4.69, 9.17) is 5.11 Å². The topological polar surface area (TPSA) is 37.3 Å². The third kappa shape index (κ3) is 18.9. The predicted octanol–water partition coefficient (Wildman–Crippen LogP) is 6.27. The molecule has 0 bridgehead atoms. The summed E-state index contributed by atoms with van der Waals surface area (Å²) in [6, 6.07) is 0. The molecule has 0 aliphatic heterocycles. The average Bonchev–Trinajstić information content (AvgIpc) is 2.46. The number of unbranched alkanes of at least 4 members (excludes halogenated alkanes) is 9. The lowest BCUT2D eigenvalue weighted by molar-refractivity contribution is -0.137. The van der Waals surface area contributed by atoms with Gasteiger partial charge in [0.1, 0.15) is 0 Å². The normalized spacial score (nSPS) is 11.7. The molecule has 0 fully saturated rings. The quantitative estimate of drug-likeness (QED) is 0.285. The fraction of sp³-hybridized carbons (Fsp3) is 0.737. The Morgan fingerprint density at radius 3 is 1.86 bits per heavy atom. The minimum Gasteiger partial charge on any atom is -0.481 e. The molecule has 0 amide bonds. The lowest BCUT2D eigenvalue weighted by Crippen LogP contribution is -1.93. The van der Waals surface area contributed by atoms with Gasteiger partial charge in [0.05, 0.1) is 0 Å². The van der Waals surface area contributed by atoms with Crippen molar-refractivity contribution in [1.29, 1.82) is 0 Å². The van der Waals surface area contributed by atoms with Crippen molar-refractivity contribution in [3.05, 3.63) is 24.3 Å². The van der Waals surface area contributed by atoms with Gasteiger partial charge in [0.15, 0.2) is 0 Å². The number of carboxylic acids is 1. The van der Waals surface area contributed by atoms with Crippen molar-refractivity contribution in [2.75, 3.05) is 0 Å². The highest BCUT2D eigenvalue weighted by atomic mass is 16.4. The van der Waals surface area contributed by atoms with Gasteiger partial charge in [-0.25, -0.2) is 0 Å². The molecule has 0 aliphatic rings. The highest BCUT2D eigenvalue weighted by molar-refractivity contribution is 5.66. The standard InChI is InChI=1S/C19H34O2/c1-2-3-4-5-6-7-8-9-10-11-12-13-14-15-16-17-18-19(20)21/h7-8,10-11H,2-6,9,12-18H2,1H3,(H,20,21). The molecular formula is C19H34O2. The summed E-state index contributed by atoms with van der Waals surface area (Å²) in [4.78, 5) is 10.3. The first-order valence-corrected chi connectivity index (χ1v) is 8.79. The molecule has 21 heavy (non-hydrogen) atoms. The maximum atomic E-state index is 10.3. The van der Waals surface area contributed by atoms with E-state index in [1.165, 1.54) is 51.4 Å². The van der Waals surface area contributed by atoms with Crippen molar-refractivity contribution in [3.8, 4) is 0 Å². The van der Waals surface area contributed by atoms with Crippen LogP contribution in [0, 0.1) is 0 Å². The summed E-state index contributed by atoms with van der Waals surface area (Å²) in [5, 5.41) is 8.51. The van der Waals surface area contributed by atoms with Crippen LogP contribution in [0.15, 0.2) is 24.3 Å². The van der Waals surface area contributed by atoms with Gasteiger partial charge >= 0.3 is 5.97 Å². The Morgan fingerprint density at radius 1 is 0.762 bits per heavy atom. The van der Waals surface area contributed by atoms with E-state index in [0.29, 0.717) is 6.42 Å². The number of carboxylic acid groups (broad SMARTS) is 1. The molecule has 0 saturated carbocycles. The van der Waals surface area contributed by atoms with Crippen LogP contribution in [0.25, 0.3) is 0 Å². The first kappa shape index (κ1) is 19.9. The van der Waals surface area contributed by atoms with E-state index >= 15 is 0 Å². The number of rotatable bonds is 15. The molecule has 0 atom stereocenters. The Kier molecular flexibility index (Phi) is 16.2. The number of hydrogen-bond acceptors (Lipinski definition) is 1. The maximum absolute atomic E-state index is 10.3. The van der Waals surface area contributed by atoms with Gasteiger partial charge in [-0.05, 0) is 38.5 Å². The molecule has 122 valence electrons. The van der Waals surface area contributed by atoms with E-state index < -0.39 is 5.97 Å². The molecule has 0 aliphatic carbocycles. The van der Waals surface area contributed by atoms with Crippen LogP contribution in [0.4, 0.5) is 0 Å². The first-order chi connectivity index (χ1) is 10.3. The summed E-state index contributed by atoms with van der Waals surface area (Å²) in [7, 11) is 0. The Morgan fingerprint density at radius 2 is 1.29 bits per heavy atom. The van der Waals surface area contributed by atoms with Gasteiger partial charge < -0.3 is 5.11 Å². The molecule has 0 unspecified atom stereocenters. The van der Waals surface area contributed by atoms with Crippen molar-refractivity contribution < 1.29 is 9.90 Å². The van der Waals surface area contributed by atoms with Crippen LogP contribution in [-0.4, -0.2) is 11.1 Å². The molecule has 2 heteroatoms. The largest absolute Gasteiger partial charge is 0.481 e. The van der Waals surface area contributed by atoms with Gasteiger partial charge in [-0.15, -0.1) is 0 Å². The van der Waals surface area contributed by atoms with Gasteiger partial charge in [0.25, 0.3) is 0 Å². The van der Waals surface area contributed by atoms with Crippen LogP contribution < -0.4 is 0 Å². The number of aliphatic carboxylic acids is 1. The summed E-state index contributed by atoms with van der Waals surface area (Å²) in [6.45, 7) is 2.25. The summed E-state index contributed by atoms with van der Waals surface area (Å²) in [6.07, 6.45) is 23.7. The highest BCUT2D eigenvalue weighted by Gasteiger charge is 1.95. The maximum Gasteiger partial charge on any atom is 0.303 e.